The van der Waals surface area contributed by atoms with Crippen LogP contribution in [0.1, 0.15) is 123 Å². The van der Waals surface area contributed by atoms with Gasteiger partial charge in [-0.15, -0.1) is 31.2 Å². The minimum atomic E-state index is -0.590. The van der Waals surface area contributed by atoms with Gasteiger partial charge in [0.05, 0.1) is 17.5 Å². The highest BCUT2D eigenvalue weighted by atomic mass is 35.5. The third-order valence-corrected chi connectivity index (χ3v) is 10.1. The van der Waals surface area contributed by atoms with Gasteiger partial charge in [-0.25, -0.2) is 0 Å². The molecule has 2 atom stereocenters. The molecule has 0 aromatic heterocycles. The highest BCUT2D eigenvalue weighted by Gasteiger charge is 2.40. The SMILES string of the molecule is C#CCN1CCC2=C(C1)c1c(OC(=O)C(C)(C)CCN3CCCCC3)cc(C(C)C(C)CCCCC)cc1OC2(C)C.Cl.Cl. The number of rotatable bonds is 12. The van der Waals surface area contributed by atoms with E-state index in [0.717, 1.165) is 56.9 Å². The van der Waals surface area contributed by atoms with E-state index in [0.29, 0.717) is 24.1 Å². The number of unbranched alkanes of at least 4 members (excludes halogenated alkanes) is 2. The van der Waals surface area contributed by atoms with Gasteiger partial charge in [-0.2, -0.15) is 0 Å². The molecule has 3 aliphatic heterocycles. The minimum Gasteiger partial charge on any atom is -0.483 e. The second kappa shape index (κ2) is 16.7. The van der Waals surface area contributed by atoms with Crippen LogP contribution in [0.5, 0.6) is 11.5 Å². The van der Waals surface area contributed by atoms with Crippen LogP contribution in [0.25, 0.3) is 5.57 Å². The Labute approximate surface area is 280 Å². The number of ether oxygens (including phenoxy) is 2. The summed E-state index contributed by atoms with van der Waals surface area (Å²) in [5, 5.41) is 0. The number of benzene rings is 1. The van der Waals surface area contributed by atoms with Crippen LogP contribution in [0.15, 0.2) is 17.7 Å². The Hall–Kier alpha value is -1.71. The van der Waals surface area contributed by atoms with E-state index in [1.165, 1.54) is 61.7 Å². The molecule has 2 unspecified atom stereocenters. The van der Waals surface area contributed by atoms with Gasteiger partial charge in [-0.05, 0) is 114 Å². The normalized spacial score (nSPS) is 19.7. The van der Waals surface area contributed by atoms with E-state index in [-0.39, 0.29) is 30.8 Å². The zero-order chi connectivity index (χ0) is 30.5. The van der Waals surface area contributed by atoms with Gasteiger partial charge >= 0.3 is 5.97 Å². The molecule has 0 N–H and O–H groups in total. The Morgan fingerprint density at radius 1 is 1.09 bits per heavy atom. The standard InChI is InChI=1S/C37H56N2O3.2ClH/c1-9-11-13-16-27(3)28(4)29-24-32(41-35(40)36(5,6)18-23-38-20-14-12-15-21-38)34-30-26-39(19-10-2)22-17-31(30)37(7,8)42-33(34)25-29;;/h2,24-25,27-28H,9,11-23,26H2,1,3-8H3;2*1H. The summed E-state index contributed by atoms with van der Waals surface area (Å²) in [6.07, 6.45) is 16.1. The molecule has 0 radical (unpaired) electrons. The number of nitrogens with zero attached hydrogens (tertiary/aromatic N) is 2. The van der Waals surface area contributed by atoms with Crippen LogP contribution in [0.2, 0.25) is 0 Å². The average Bonchev–Trinajstić information content (AvgIpc) is 2.95. The lowest BCUT2D eigenvalue weighted by Gasteiger charge is -2.42. The quantitative estimate of drug-likeness (QED) is 0.0979. The summed E-state index contributed by atoms with van der Waals surface area (Å²) in [5.74, 6) is 4.99. The summed E-state index contributed by atoms with van der Waals surface area (Å²) in [4.78, 5) is 18.7. The first-order chi connectivity index (χ1) is 20.0. The van der Waals surface area contributed by atoms with Gasteiger partial charge in [-0.3, -0.25) is 9.69 Å². The van der Waals surface area contributed by atoms with Gasteiger partial charge in [0.2, 0.25) is 0 Å². The first kappa shape index (κ1) is 38.5. The molecular weight excluding hydrogens is 591 g/mol. The zero-order valence-corrected chi connectivity index (χ0v) is 30.1. The Morgan fingerprint density at radius 3 is 2.45 bits per heavy atom. The van der Waals surface area contributed by atoms with Crippen LogP contribution in [0.4, 0.5) is 0 Å². The Balaban J connectivity index is 0.00000337. The van der Waals surface area contributed by atoms with Crippen LogP contribution in [-0.2, 0) is 4.79 Å². The monoisotopic (exact) mass is 648 g/mol. The maximum atomic E-state index is 13.9. The van der Waals surface area contributed by atoms with Gasteiger partial charge in [-0.1, -0.05) is 58.8 Å². The third-order valence-electron chi connectivity index (χ3n) is 10.1. The van der Waals surface area contributed by atoms with Crippen LogP contribution in [0.3, 0.4) is 0 Å². The number of halogens is 2. The number of likely N-dealkylation sites (tertiary alicyclic amines) is 1. The predicted octanol–water partition coefficient (Wildman–Crippen LogP) is 8.92. The summed E-state index contributed by atoms with van der Waals surface area (Å²) < 4.78 is 13.2. The Kier molecular flexibility index (Phi) is 14.6. The molecule has 3 heterocycles. The molecular formula is C37H58Cl2N2O3. The smallest absolute Gasteiger partial charge is 0.316 e. The number of terminal acetylenes is 1. The molecule has 0 saturated carbocycles. The predicted molar refractivity (Wildman–Crippen MR) is 188 cm³/mol. The Bertz CT molecular complexity index is 1180. The van der Waals surface area contributed by atoms with Gasteiger partial charge in [0, 0.05) is 13.1 Å². The first-order valence-corrected chi connectivity index (χ1v) is 16.7. The number of hydrogen-bond acceptors (Lipinski definition) is 5. The topological polar surface area (TPSA) is 42.0 Å². The number of esters is 1. The van der Waals surface area contributed by atoms with Crippen molar-refractivity contribution in [3.05, 3.63) is 28.8 Å². The molecule has 3 aliphatic rings. The average molecular weight is 650 g/mol. The van der Waals surface area contributed by atoms with Crippen molar-refractivity contribution in [3.63, 3.8) is 0 Å². The van der Waals surface area contributed by atoms with Gasteiger partial charge in [0.15, 0.2) is 0 Å². The van der Waals surface area contributed by atoms with Crippen molar-refractivity contribution in [2.75, 3.05) is 39.3 Å². The molecule has 7 heteroatoms. The molecule has 1 aromatic carbocycles. The molecule has 44 heavy (non-hydrogen) atoms. The second-order valence-electron chi connectivity index (χ2n) is 14.3. The molecule has 248 valence electrons. The zero-order valence-electron chi connectivity index (χ0n) is 28.4. The molecule has 1 aromatic rings. The van der Waals surface area contributed by atoms with Gasteiger partial charge < -0.3 is 14.4 Å². The van der Waals surface area contributed by atoms with E-state index in [1.54, 1.807) is 0 Å². The van der Waals surface area contributed by atoms with Gasteiger partial charge in [0.25, 0.3) is 0 Å². The van der Waals surface area contributed by atoms with E-state index in [2.05, 4.69) is 62.5 Å². The minimum absolute atomic E-state index is 0. The number of hydrogen-bond donors (Lipinski definition) is 0. The maximum Gasteiger partial charge on any atom is 0.316 e. The lowest BCUT2D eigenvalue weighted by atomic mass is 9.79. The van der Waals surface area contributed by atoms with Crippen molar-refractivity contribution < 1.29 is 14.3 Å². The van der Waals surface area contributed by atoms with E-state index < -0.39 is 11.0 Å². The molecule has 0 bridgehead atoms. The first-order valence-electron chi connectivity index (χ1n) is 16.7. The number of fused-ring (bicyclic) bond motifs is 2. The lowest BCUT2D eigenvalue weighted by Crippen LogP contribution is -2.42. The van der Waals surface area contributed by atoms with Crippen molar-refractivity contribution in [1.29, 1.82) is 0 Å². The van der Waals surface area contributed by atoms with E-state index in [1.807, 2.05) is 13.8 Å². The largest absolute Gasteiger partial charge is 0.483 e. The fourth-order valence-electron chi connectivity index (χ4n) is 6.90. The fourth-order valence-corrected chi connectivity index (χ4v) is 6.90. The lowest BCUT2D eigenvalue weighted by molar-refractivity contribution is -0.144. The molecule has 1 saturated heterocycles. The van der Waals surface area contributed by atoms with Crippen LogP contribution in [0, 0.1) is 23.7 Å². The highest BCUT2D eigenvalue weighted by molar-refractivity contribution is 5.86. The van der Waals surface area contributed by atoms with Crippen LogP contribution in [-0.4, -0.2) is 60.6 Å². The van der Waals surface area contributed by atoms with Crippen molar-refractivity contribution >= 4 is 36.4 Å². The fraction of sp³-hybridized carbons (Fsp3) is 0.703. The Morgan fingerprint density at radius 2 is 1.80 bits per heavy atom. The molecule has 0 amide bonds. The summed E-state index contributed by atoms with van der Waals surface area (Å²) in [6.45, 7) is 20.8. The van der Waals surface area contributed by atoms with Crippen LogP contribution >= 0.6 is 24.8 Å². The molecule has 5 nitrogen and oxygen atoms in total. The summed E-state index contributed by atoms with van der Waals surface area (Å²) in [6, 6.07) is 4.37. The van der Waals surface area contributed by atoms with E-state index in [9.17, 15) is 4.79 Å². The van der Waals surface area contributed by atoms with E-state index in [4.69, 9.17) is 15.9 Å². The highest BCUT2D eigenvalue weighted by Crippen LogP contribution is 2.50. The molecule has 4 rings (SSSR count). The second-order valence-corrected chi connectivity index (χ2v) is 14.3. The molecule has 0 aliphatic carbocycles. The van der Waals surface area contributed by atoms with Crippen molar-refractivity contribution in [3.8, 4) is 23.8 Å². The van der Waals surface area contributed by atoms with Crippen molar-refractivity contribution in [2.45, 2.75) is 118 Å². The number of carbonyl (C=O) groups is 1. The van der Waals surface area contributed by atoms with Crippen LogP contribution < -0.4 is 9.47 Å². The number of carbonyl (C=O) groups excluding carboxylic acids is 1. The molecule has 0 spiro atoms. The molecule has 1 fully saturated rings. The summed E-state index contributed by atoms with van der Waals surface area (Å²) in [7, 11) is 0. The number of piperidine rings is 1. The van der Waals surface area contributed by atoms with E-state index >= 15 is 0 Å². The van der Waals surface area contributed by atoms with Crippen molar-refractivity contribution in [1.82, 2.24) is 9.80 Å². The maximum absolute atomic E-state index is 13.9. The summed E-state index contributed by atoms with van der Waals surface area (Å²) >= 11 is 0. The van der Waals surface area contributed by atoms with Crippen molar-refractivity contribution in [2.24, 2.45) is 11.3 Å². The third kappa shape index (κ3) is 9.18. The van der Waals surface area contributed by atoms with Gasteiger partial charge in [0.1, 0.15) is 17.1 Å². The summed E-state index contributed by atoms with van der Waals surface area (Å²) in [5.41, 5.74) is 3.62.